The van der Waals surface area contributed by atoms with E-state index in [0.29, 0.717) is 4.47 Å². The summed E-state index contributed by atoms with van der Waals surface area (Å²) in [6.07, 6.45) is 0. The van der Waals surface area contributed by atoms with E-state index in [2.05, 4.69) is 15.9 Å². The lowest BCUT2D eigenvalue weighted by atomic mass is 10.2. The number of aryl methyl sites for hydroxylation is 1. The minimum Gasteiger partial charge on any atom is -0.508 e. The summed E-state index contributed by atoms with van der Waals surface area (Å²) in [6.45, 7) is -2.26. The molecule has 0 aliphatic heterocycles. The summed E-state index contributed by atoms with van der Waals surface area (Å²) in [5, 5.41) is 9.19. The number of aromatic hydroxyl groups is 1. The molecule has 1 rings (SSSR count). The molecule has 1 nitrogen and oxygen atoms in total. The topological polar surface area (TPSA) is 20.2 Å². The molecule has 0 unspecified atom stereocenters. The Bertz CT molecular complexity index is 295. The van der Waals surface area contributed by atoms with Crippen LogP contribution in [0.3, 0.4) is 0 Å². The summed E-state index contributed by atoms with van der Waals surface area (Å²) < 4.78 is 21.8. The number of hydrogen-bond acceptors (Lipinski definition) is 1. The van der Waals surface area contributed by atoms with E-state index in [0.717, 1.165) is 0 Å². The Kier molecular flexibility index (Phi) is 0.962. The largest absolute Gasteiger partial charge is 0.508 e. The summed E-state index contributed by atoms with van der Waals surface area (Å²) in [6, 6.07) is 4.33. The van der Waals surface area contributed by atoms with Crippen molar-refractivity contribution in [2.24, 2.45) is 0 Å². The number of phenols is 1. The van der Waals surface area contributed by atoms with Gasteiger partial charge in [-0.2, -0.15) is 0 Å². The van der Waals surface area contributed by atoms with Crippen LogP contribution in [0.5, 0.6) is 5.75 Å². The van der Waals surface area contributed by atoms with Crippen molar-refractivity contribution in [3.63, 3.8) is 0 Å². The molecule has 0 amide bonds. The lowest BCUT2D eigenvalue weighted by Gasteiger charge is -1.96. The zero-order valence-corrected chi connectivity index (χ0v) is 6.14. The molecule has 2 heteroatoms. The molecule has 0 saturated carbocycles. The molecular weight excluding hydrogens is 180 g/mol. The van der Waals surface area contributed by atoms with Crippen molar-refractivity contribution >= 4 is 15.9 Å². The second-order valence-corrected chi connectivity index (χ2v) is 2.58. The van der Waals surface area contributed by atoms with Crippen LogP contribution in [0.25, 0.3) is 0 Å². The molecule has 0 aromatic heterocycles. The van der Waals surface area contributed by atoms with Gasteiger partial charge in [-0.25, -0.2) is 0 Å². The van der Waals surface area contributed by atoms with Gasteiger partial charge in [-0.3, -0.25) is 0 Å². The van der Waals surface area contributed by atoms with Crippen LogP contribution in [0.2, 0.25) is 0 Å². The van der Waals surface area contributed by atoms with E-state index in [1.54, 1.807) is 6.07 Å². The Labute approximate surface area is 66.7 Å². The lowest BCUT2D eigenvalue weighted by Crippen LogP contribution is -1.72. The highest BCUT2D eigenvalue weighted by atomic mass is 79.9. The first-order valence-corrected chi connectivity index (χ1v) is 3.19. The fourth-order valence-corrected chi connectivity index (χ4v) is 0.869. The number of benzene rings is 1. The van der Waals surface area contributed by atoms with Gasteiger partial charge in [-0.15, -0.1) is 0 Å². The van der Waals surface area contributed by atoms with Gasteiger partial charge in [0, 0.05) is 8.58 Å². The van der Waals surface area contributed by atoms with Crippen molar-refractivity contribution in [1.29, 1.82) is 0 Å². The first-order chi connectivity index (χ1) is 5.41. The molecule has 9 heavy (non-hydrogen) atoms. The smallest absolute Gasteiger partial charge is 0.118 e. The maximum absolute atomic E-state index is 9.19. The molecule has 0 fully saturated rings. The van der Waals surface area contributed by atoms with Crippen molar-refractivity contribution in [2.45, 2.75) is 6.85 Å². The zero-order valence-electron chi connectivity index (χ0n) is 7.56. The summed E-state index contributed by atoms with van der Waals surface area (Å²) in [4.78, 5) is 0. The van der Waals surface area contributed by atoms with E-state index < -0.39 is 6.85 Å². The molecule has 0 bridgehead atoms. The highest BCUT2D eigenvalue weighted by molar-refractivity contribution is 9.10. The Morgan fingerprint density at radius 1 is 1.67 bits per heavy atom. The van der Waals surface area contributed by atoms with Crippen molar-refractivity contribution in [1.82, 2.24) is 0 Å². The summed E-state index contributed by atoms with van der Waals surface area (Å²) >= 11 is 3.13. The van der Waals surface area contributed by atoms with Crippen molar-refractivity contribution in [2.75, 3.05) is 0 Å². The number of phenolic OH excluding ortho intramolecular Hbond substituents is 1. The molecule has 0 spiro atoms. The standard InChI is InChI=1S/C7H7BrO/c1-5-4-6(8)2-3-7(5)9/h2-4,9H,1H3/i1D3. The van der Waals surface area contributed by atoms with Gasteiger partial charge in [0.2, 0.25) is 0 Å². The Hall–Kier alpha value is -0.500. The predicted molar refractivity (Wildman–Crippen MR) is 40.5 cm³/mol. The monoisotopic (exact) mass is 189 g/mol. The van der Waals surface area contributed by atoms with Crippen LogP contribution in [-0.2, 0) is 0 Å². The SMILES string of the molecule is [2H]C([2H])([2H])c1cc(Br)ccc1O. The van der Waals surface area contributed by atoms with E-state index >= 15 is 0 Å². The van der Waals surface area contributed by atoms with E-state index in [9.17, 15) is 5.11 Å². The third kappa shape index (κ3) is 1.45. The van der Waals surface area contributed by atoms with E-state index in [4.69, 9.17) is 4.11 Å². The zero-order chi connectivity index (χ0) is 9.35. The summed E-state index contributed by atoms with van der Waals surface area (Å²) in [7, 11) is 0. The average molecular weight is 190 g/mol. The average Bonchev–Trinajstić information content (AvgIpc) is 1.92. The van der Waals surface area contributed by atoms with E-state index in [-0.39, 0.29) is 11.3 Å². The normalized spacial score (nSPS) is 15.9. The molecule has 1 N–H and O–H groups in total. The molecule has 0 aliphatic carbocycles. The highest BCUT2D eigenvalue weighted by Crippen LogP contribution is 2.19. The number of hydrogen-bond donors (Lipinski definition) is 1. The quantitative estimate of drug-likeness (QED) is 0.666. The molecule has 48 valence electrons. The molecular formula is C7H7BrO. The molecule has 0 atom stereocenters. The molecule has 0 heterocycles. The van der Waals surface area contributed by atoms with Gasteiger partial charge in [-0.1, -0.05) is 15.9 Å². The molecule has 1 aromatic rings. The Morgan fingerprint density at radius 3 is 3.00 bits per heavy atom. The van der Waals surface area contributed by atoms with Gasteiger partial charge in [0.1, 0.15) is 5.75 Å². The molecule has 0 aliphatic rings. The van der Waals surface area contributed by atoms with Crippen LogP contribution in [0.1, 0.15) is 9.68 Å². The summed E-state index contributed by atoms with van der Waals surface area (Å²) in [5.41, 5.74) is -0.0307. The predicted octanol–water partition coefficient (Wildman–Crippen LogP) is 2.46. The minimum absolute atomic E-state index is 0.0307. The van der Waals surface area contributed by atoms with E-state index in [1.807, 2.05) is 0 Å². The van der Waals surface area contributed by atoms with Gasteiger partial charge >= 0.3 is 0 Å². The Balaban J connectivity index is 3.23. The fraction of sp³-hybridized carbons (Fsp3) is 0.143. The summed E-state index contributed by atoms with van der Waals surface area (Å²) in [5.74, 6) is -0.196. The van der Waals surface area contributed by atoms with Crippen LogP contribution < -0.4 is 0 Å². The van der Waals surface area contributed by atoms with Crippen molar-refractivity contribution in [3.05, 3.63) is 28.2 Å². The number of rotatable bonds is 0. The second kappa shape index (κ2) is 2.40. The van der Waals surface area contributed by atoms with Gasteiger partial charge < -0.3 is 5.11 Å². The van der Waals surface area contributed by atoms with Crippen LogP contribution >= 0.6 is 15.9 Å². The highest BCUT2D eigenvalue weighted by Gasteiger charge is 1.92. The lowest BCUT2D eigenvalue weighted by molar-refractivity contribution is 0.471. The molecule has 0 radical (unpaired) electrons. The van der Waals surface area contributed by atoms with E-state index in [1.165, 1.54) is 12.1 Å². The fourth-order valence-electron chi connectivity index (χ4n) is 0.508. The third-order valence-electron chi connectivity index (χ3n) is 0.959. The Morgan fingerprint density at radius 2 is 2.44 bits per heavy atom. The minimum atomic E-state index is -2.26. The molecule has 0 saturated heterocycles. The number of halogens is 1. The van der Waals surface area contributed by atoms with Crippen LogP contribution in [0, 0.1) is 6.85 Å². The van der Waals surface area contributed by atoms with Crippen molar-refractivity contribution in [3.8, 4) is 5.75 Å². The van der Waals surface area contributed by atoms with Gasteiger partial charge in [0.25, 0.3) is 0 Å². The maximum atomic E-state index is 9.19. The molecule has 1 aromatic carbocycles. The van der Waals surface area contributed by atoms with Gasteiger partial charge in [-0.05, 0) is 30.6 Å². The van der Waals surface area contributed by atoms with Gasteiger partial charge in [0.15, 0.2) is 0 Å². The van der Waals surface area contributed by atoms with Gasteiger partial charge in [0.05, 0.1) is 0 Å². The third-order valence-corrected chi connectivity index (χ3v) is 1.45. The van der Waals surface area contributed by atoms with Crippen molar-refractivity contribution < 1.29 is 9.22 Å². The van der Waals surface area contributed by atoms with Crippen LogP contribution in [-0.4, -0.2) is 5.11 Å². The second-order valence-electron chi connectivity index (χ2n) is 1.66. The van der Waals surface area contributed by atoms with Crippen LogP contribution in [0.4, 0.5) is 0 Å². The first kappa shape index (κ1) is 3.62. The van der Waals surface area contributed by atoms with Crippen LogP contribution in [0.15, 0.2) is 22.7 Å². The maximum Gasteiger partial charge on any atom is 0.118 e. The first-order valence-electron chi connectivity index (χ1n) is 3.90.